The molecule has 1 aliphatic rings. The Morgan fingerprint density at radius 3 is 2.44 bits per heavy atom. The van der Waals surface area contributed by atoms with E-state index in [0.29, 0.717) is 0 Å². The number of hydrogen-bond donors (Lipinski definition) is 0. The van der Waals surface area contributed by atoms with Gasteiger partial charge in [-0.2, -0.15) is 0 Å². The standard InChI is InChI=1S/C16H20/c1-14-10-12-16(13-11-14)9-5-8-15-6-3-2-4-7-15/h8-13,15H,2-4,6-7H2,1H3. The smallest absolute Gasteiger partial charge is 0.0130 e. The lowest BCUT2D eigenvalue weighted by Gasteiger charge is -2.16. The Balaban J connectivity index is 1.97. The van der Waals surface area contributed by atoms with Crippen LogP contribution in [0, 0.1) is 12.8 Å². The number of hydrogen-bond acceptors (Lipinski definition) is 0. The topological polar surface area (TPSA) is 0 Å². The molecular formula is C16H20. The minimum atomic E-state index is 0.774. The minimum absolute atomic E-state index is 0.774. The first-order valence-corrected chi connectivity index (χ1v) is 6.34. The summed E-state index contributed by atoms with van der Waals surface area (Å²) in [5.41, 5.74) is 5.90. The molecule has 0 N–H and O–H groups in total. The van der Waals surface area contributed by atoms with Gasteiger partial charge in [0.1, 0.15) is 0 Å². The van der Waals surface area contributed by atoms with Crippen molar-refractivity contribution in [2.45, 2.75) is 39.0 Å². The second kappa shape index (κ2) is 5.72. The van der Waals surface area contributed by atoms with Gasteiger partial charge >= 0.3 is 0 Å². The molecule has 16 heavy (non-hydrogen) atoms. The Hall–Kier alpha value is -1.26. The van der Waals surface area contributed by atoms with Crippen LogP contribution in [0.5, 0.6) is 0 Å². The molecular weight excluding hydrogens is 192 g/mol. The summed E-state index contributed by atoms with van der Waals surface area (Å²) in [6, 6.07) is 8.59. The molecule has 0 radical (unpaired) electrons. The Labute approximate surface area is 98.7 Å². The van der Waals surface area contributed by atoms with Gasteiger partial charge in [0.25, 0.3) is 0 Å². The van der Waals surface area contributed by atoms with Gasteiger partial charge in [0, 0.05) is 0 Å². The number of aryl methyl sites for hydroxylation is 1. The molecule has 0 nitrogen and oxygen atoms in total. The third-order valence-corrected chi connectivity index (χ3v) is 3.31. The Morgan fingerprint density at radius 2 is 1.75 bits per heavy atom. The summed E-state index contributed by atoms with van der Waals surface area (Å²) in [6.45, 7) is 2.12. The Bertz CT molecular complexity index is 371. The first kappa shape index (κ1) is 11.2. The lowest BCUT2D eigenvalue weighted by Crippen LogP contribution is -2.01. The van der Waals surface area contributed by atoms with E-state index in [9.17, 15) is 0 Å². The molecule has 0 spiro atoms. The van der Waals surface area contributed by atoms with E-state index in [1.165, 1.54) is 43.2 Å². The average Bonchev–Trinajstić information content (AvgIpc) is 2.33. The van der Waals surface area contributed by atoms with Crippen molar-refractivity contribution in [1.82, 2.24) is 0 Å². The third kappa shape index (κ3) is 3.40. The van der Waals surface area contributed by atoms with Crippen LogP contribution in [-0.2, 0) is 0 Å². The van der Waals surface area contributed by atoms with Crippen molar-refractivity contribution in [2.75, 3.05) is 0 Å². The summed E-state index contributed by atoms with van der Waals surface area (Å²) in [5.74, 6) is 0.774. The van der Waals surface area contributed by atoms with E-state index in [0.717, 1.165) is 5.92 Å². The second-order valence-electron chi connectivity index (χ2n) is 4.79. The van der Waals surface area contributed by atoms with E-state index in [-0.39, 0.29) is 0 Å². The zero-order valence-corrected chi connectivity index (χ0v) is 10.1. The monoisotopic (exact) mass is 212 g/mol. The zero-order chi connectivity index (χ0) is 11.2. The van der Waals surface area contributed by atoms with Crippen molar-refractivity contribution in [2.24, 2.45) is 5.92 Å². The largest absolute Gasteiger partial charge is 0.124 e. The molecule has 2 rings (SSSR count). The van der Waals surface area contributed by atoms with E-state index in [1.807, 2.05) is 0 Å². The van der Waals surface area contributed by atoms with Crippen LogP contribution in [-0.4, -0.2) is 0 Å². The van der Waals surface area contributed by atoms with Crippen molar-refractivity contribution in [3.05, 3.63) is 47.2 Å². The van der Waals surface area contributed by atoms with Gasteiger partial charge < -0.3 is 0 Å². The van der Waals surface area contributed by atoms with Crippen molar-refractivity contribution < 1.29 is 0 Å². The number of benzene rings is 1. The molecule has 0 heterocycles. The lowest BCUT2D eigenvalue weighted by atomic mass is 9.89. The van der Waals surface area contributed by atoms with Gasteiger partial charge in [-0.1, -0.05) is 49.1 Å². The molecule has 1 aromatic carbocycles. The van der Waals surface area contributed by atoms with E-state index < -0.39 is 0 Å². The maximum Gasteiger partial charge on any atom is -0.0130 e. The maximum absolute atomic E-state index is 3.34. The van der Waals surface area contributed by atoms with E-state index >= 15 is 0 Å². The Kier molecular flexibility index (Phi) is 4.02. The van der Waals surface area contributed by atoms with E-state index in [2.05, 4.69) is 49.1 Å². The summed E-state index contributed by atoms with van der Waals surface area (Å²) >= 11 is 0. The third-order valence-electron chi connectivity index (χ3n) is 3.31. The lowest BCUT2D eigenvalue weighted by molar-refractivity contribution is 0.420. The van der Waals surface area contributed by atoms with E-state index in [4.69, 9.17) is 0 Å². The van der Waals surface area contributed by atoms with Crippen LogP contribution in [0.25, 0.3) is 6.08 Å². The summed E-state index contributed by atoms with van der Waals surface area (Å²) in [6.07, 6.45) is 11.3. The number of allylic oxidation sites excluding steroid dienone is 1. The van der Waals surface area contributed by atoms with Crippen LogP contribution in [0.15, 0.2) is 36.1 Å². The molecule has 84 valence electrons. The van der Waals surface area contributed by atoms with Gasteiger partial charge in [-0.25, -0.2) is 0 Å². The van der Waals surface area contributed by atoms with Gasteiger partial charge in [0.05, 0.1) is 0 Å². The minimum Gasteiger partial charge on any atom is -0.124 e. The van der Waals surface area contributed by atoms with Crippen LogP contribution < -0.4 is 0 Å². The van der Waals surface area contributed by atoms with Gasteiger partial charge in [-0.05, 0) is 43.4 Å². The zero-order valence-electron chi connectivity index (χ0n) is 10.1. The molecule has 0 unspecified atom stereocenters. The van der Waals surface area contributed by atoms with Gasteiger partial charge in [0.2, 0.25) is 0 Å². The fraction of sp³-hybridized carbons (Fsp3) is 0.438. The normalized spacial score (nSPS) is 16.6. The SMILES string of the molecule is Cc1ccc(C=C=CC2CCCCC2)cc1. The summed E-state index contributed by atoms with van der Waals surface area (Å²) < 4.78 is 0. The highest BCUT2D eigenvalue weighted by atomic mass is 14.1. The molecule has 1 aromatic rings. The fourth-order valence-corrected chi connectivity index (χ4v) is 2.24. The van der Waals surface area contributed by atoms with Crippen LogP contribution in [0.1, 0.15) is 43.2 Å². The predicted molar refractivity (Wildman–Crippen MR) is 70.3 cm³/mol. The maximum atomic E-state index is 3.34. The fourth-order valence-electron chi connectivity index (χ4n) is 2.24. The molecule has 0 aromatic heterocycles. The second-order valence-corrected chi connectivity index (χ2v) is 4.79. The molecule has 0 saturated heterocycles. The van der Waals surface area contributed by atoms with Crippen LogP contribution in [0.2, 0.25) is 0 Å². The van der Waals surface area contributed by atoms with Crippen LogP contribution >= 0.6 is 0 Å². The molecule has 1 aliphatic carbocycles. The van der Waals surface area contributed by atoms with Gasteiger partial charge in [0.15, 0.2) is 0 Å². The predicted octanol–water partition coefficient (Wildman–Crippen LogP) is 4.74. The van der Waals surface area contributed by atoms with Crippen molar-refractivity contribution >= 4 is 6.08 Å². The average molecular weight is 212 g/mol. The van der Waals surface area contributed by atoms with Gasteiger partial charge in [-0.3, -0.25) is 0 Å². The highest BCUT2D eigenvalue weighted by Gasteiger charge is 2.08. The first-order valence-electron chi connectivity index (χ1n) is 6.34. The van der Waals surface area contributed by atoms with Crippen molar-refractivity contribution in [3.63, 3.8) is 0 Å². The van der Waals surface area contributed by atoms with Crippen LogP contribution in [0.4, 0.5) is 0 Å². The Morgan fingerprint density at radius 1 is 1.06 bits per heavy atom. The van der Waals surface area contributed by atoms with E-state index in [1.54, 1.807) is 0 Å². The molecule has 0 aliphatic heterocycles. The number of rotatable bonds is 2. The van der Waals surface area contributed by atoms with Crippen molar-refractivity contribution in [1.29, 1.82) is 0 Å². The van der Waals surface area contributed by atoms with Crippen LogP contribution in [0.3, 0.4) is 0 Å². The quantitative estimate of drug-likeness (QED) is 0.621. The molecule has 0 atom stereocenters. The summed E-state index contributed by atoms with van der Waals surface area (Å²) in [4.78, 5) is 0. The molecule has 0 bridgehead atoms. The highest BCUT2D eigenvalue weighted by Crippen LogP contribution is 2.24. The molecule has 0 amide bonds. The van der Waals surface area contributed by atoms with Gasteiger partial charge in [-0.15, -0.1) is 5.73 Å². The summed E-state index contributed by atoms with van der Waals surface area (Å²) in [7, 11) is 0. The molecule has 0 heteroatoms. The molecule has 1 fully saturated rings. The highest BCUT2D eigenvalue weighted by molar-refractivity contribution is 5.48. The summed E-state index contributed by atoms with van der Waals surface area (Å²) in [5, 5.41) is 0. The first-order chi connectivity index (χ1) is 7.84. The van der Waals surface area contributed by atoms with Crippen molar-refractivity contribution in [3.8, 4) is 0 Å². The molecule has 1 saturated carbocycles.